The van der Waals surface area contributed by atoms with Gasteiger partial charge in [0, 0.05) is 17.3 Å². The average molecular weight is 514 g/mol. The molecule has 1 amide bonds. The summed E-state index contributed by atoms with van der Waals surface area (Å²) in [5.41, 5.74) is 2.64. The smallest absolute Gasteiger partial charge is 0.300 e. The number of aliphatic hydroxyl groups excluding tert-OH is 1. The van der Waals surface area contributed by atoms with Crippen LogP contribution in [0.4, 0.5) is 5.69 Å². The van der Waals surface area contributed by atoms with Gasteiger partial charge >= 0.3 is 0 Å². The van der Waals surface area contributed by atoms with Gasteiger partial charge in [0.2, 0.25) is 0 Å². The molecule has 3 aromatic carbocycles. The molecule has 7 heteroatoms. The Morgan fingerprint density at radius 1 is 1.05 bits per heavy atom. The molecule has 7 nitrogen and oxygen atoms in total. The van der Waals surface area contributed by atoms with E-state index in [1.807, 2.05) is 51.1 Å². The van der Waals surface area contributed by atoms with Crippen molar-refractivity contribution in [3.63, 3.8) is 0 Å². The van der Waals surface area contributed by atoms with E-state index in [0.717, 1.165) is 24.2 Å². The summed E-state index contributed by atoms with van der Waals surface area (Å²) in [6, 6.07) is 18.8. The number of amides is 1. The van der Waals surface area contributed by atoms with Crippen molar-refractivity contribution < 1.29 is 28.9 Å². The number of anilines is 1. The normalized spacial score (nSPS) is 18.3. The van der Waals surface area contributed by atoms with Crippen LogP contribution in [-0.2, 0) is 16.0 Å². The van der Waals surface area contributed by atoms with Crippen LogP contribution in [-0.4, -0.2) is 36.1 Å². The second-order valence-corrected chi connectivity index (χ2v) is 9.61. The van der Waals surface area contributed by atoms with E-state index in [-0.39, 0.29) is 17.4 Å². The number of ketones is 1. The summed E-state index contributed by atoms with van der Waals surface area (Å²) in [6.07, 6.45) is 1.69. The van der Waals surface area contributed by atoms with E-state index in [9.17, 15) is 14.7 Å². The van der Waals surface area contributed by atoms with Crippen LogP contribution in [0.3, 0.4) is 0 Å². The minimum Gasteiger partial charge on any atom is -0.507 e. The molecule has 0 radical (unpaired) electrons. The lowest BCUT2D eigenvalue weighted by Crippen LogP contribution is -2.29. The molecular weight excluding hydrogens is 482 g/mol. The van der Waals surface area contributed by atoms with Gasteiger partial charge in [-0.1, -0.05) is 18.2 Å². The zero-order valence-electron chi connectivity index (χ0n) is 21.8. The Morgan fingerprint density at radius 3 is 2.58 bits per heavy atom. The molecule has 0 aromatic heterocycles. The number of fused-ring (bicyclic) bond motifs is 1. The number of nitrogens with zero attached hydrogens (tertiary/aromatic N) is 1. The minimum atomic E-state index is -0.841. The fourth-order valence-electron chi connectivity index (χ4n) is 4.97. The summed E-state index contributed by atoms with van der Waals surface area (Å²) in [5.74, 6) is 0.362. The largest absolute Gasteiger partial charge is 0.507 e. The summed E-state index contributed by atoms with van der Waals surface area (Å²) in [6.45, 7) is 6.88. The van der Waals surface area contributed by atoms with Crippen molar-refractivity contribution in [2.45, 2.75) is 45.8 Å². The van der Waals surface area contributed by atoms with Gasteiger partial charge in [-0.3, -0.25) is 14.5 Å². The third-order valence-corrected chi connectivity index (χ3v) is 6.60. The topological polar surface area (TPSA) is 85.3 Å². The molecule has 196 valence electrons. The number of benzene rings is 3. The van der Waals surface area contributed by atoms with Crippen LogP contribution in [0.2, 0.25) is 0 Å². The van der Waals surface area contributed by atoms with Crippen molar-refractivity contribution in [3.8, 4) is 17.2 Å². The fraction of sp³-hybridized carbons (Fsp3) is 0.290. The number of aliphatic hydroxyl groups is 1. The van der Waals surface area contributed by atoms with Crippen molar-refractivity contribution in [1.82, 2.24) is 0 Å². The summed E-state index contributed by atoms with van der Waals surface area (Å²) >= 11 is 0. The number of hydrogen-bond acceptors (Lipinski definition) is 6. The van der Waals surface area contributed by atoms with Crippen molar-refractivity contribution in [1.29, 1.82) is 0 Å². The molecule has 1 atom stereocenters. The lowest BCUT2D eigenvalue weighted by atomic mass is 9.93. The highest BCUT2D eigenvalue weighted by atomic mass is 16.5. The lowest BCUT2D eigenvalue weighted by molar-refractivity contribution is -0.132. The van der Waals surface area contributed by atoms with Crippen LogP contribution in [0.5, 0.6) is 17.2 Å². The van der Waals surface area contributed by atoms with Crippen molar-refractivity contribution in [2.24, 2.45) is 0 Å². The van der Waals surface area contributed by atoms with Gasteiger partial charge in [-0.15, -0.1) is 0 Å². The first-order chi connectivity index (χ1) is 18.4. The van der Waals surface area contributed by atoms with Crippen LogP contribution >= 0.6 is 0 Å². The highest BCUT2D eigenvalue weighted by Gasteiger charge is 2.47. The van der Waals surface area contributed by atoms with Crippen LogP contribution in [0.25, 0.3) is 5.76 Å². The molecule has 2 aliphatic rings. The van der Waals surface area contributed by atoms with Crippen molar-refractivity contribution in [3.05, 3.63) is 89.0 Å². The van der Waals surface area contributed by atoms with Crippen LogP contribution in [0, 0.1) is 0 Å². The molecule has 3 aromatic rings. The van der Waals surface area contributed by atoms with E-state index in [1.54, 1.807) is 36.4 Å². The molecule has 0 spiro atoms. The number of rotatable bonds is 7. The first-order valence-corrected chi connectivity index (χ1v) is 12.9. The molecule has 2 aliphatic heterocycles. The van der Waals surface area contributed by atoms with Crippen LogP contribution in [0.15, 0.2) is 72.3 Å². The van der Waals surface area contributed by atoms with Gasteiger partial charge in [-0.2, -0.15) is 0 Å². The zero-order chi connectivity index (χ0) is 26.8. The number of ether oxygens (including phenoxy) is 3. The zero-order valence-corrected chi connectivity index (χ0v) is 21.8. The van der Waals surface area contributed by atoms with Gasteiger partial charge in [0.25, 0.3) is 11.7 Å². The molecule has 1 unspecified atom stereocenters. The molecule has 5 rings (SSSR count). The maximum atomic E-state index is 13.5. The van der Waals surface area contributed by atoms with E-state index in [4.69, 9.17) is 14.2 Å². The van der Waals surface area contributed by atoms with Gasteiger partial charge in [-0.05, 0) is 87.2 Å². The van der Waals surface area contributed by atoms with Crippen molar-refractivity contribution >= 4 is 23.1 Å². The number of aryl methyl sites for hydroxylation is 1. The van der Waals surface area contributed by atoms with E-state index in [1.165, 1.54) is 4.90 Å². The van der Waals surface area contributed by atoms with Gasteiger partial charge in [0.1, 0.15) is 23.0 Å². The van der Waals surface area contributed by atoms with Crippen LogP contribution in [0.1, 0.15) is 49.9 Å². The second kappa shape index (κ2) is 10.6. The average Bonchev–Trinajstić information content (AvgIpc) is 3.18. The third-order valence-electron chi connectivity index (χ3n) is 6.60. The van der Waals surface area contributed by atoms with E-state index >= 15 is 0 Å². The number of Topliss-reactive ketones (excluding diaryl/α,β-unsaturated/α-hetero) is 1. The highest BCUT2D eigenvalue weighted by molar-refractivity contribution is 6.51. The van der Waals surface area contributed by atoms with Gasteiger partial charge in [-0.25, -0.2) is 0 Å². The summed E-state index contributed by atoms with van der Waals surface area (Å²) in [4.78, 5) is 28.4. The van der Waals surface area contributed by atoms with E-state index < -0.39 is 17.7 Å². The molecule has 0 bridgehead atoms. The Labute approximate surface area is 222 Å². The van der Waals surface area contributed by atoms with E-state index in [0.29, 0.717) is 41.5 Å². The Hall–Kier alpha value is -4.26. The third kappa shape index (κ3) is 4.84. The van der Waals surface area contributed by atoms with Gasteiger partial charge in [0.15, 0.2) is 0 Å². The molecule has 1 N–H and O–H groups in total. The van der Waals surface area contributed by atoms with Gasteiger partial charge < -0.3 is 19.3 Å². The van der Waals surface area contributed by atoms with Gasteiger partial charge in [0.05, 0.1) is 30.9 Å². The minimum absolute atomic E-state index is 0.000722. The quantitative estimate of drug-likeness (QED) is 0.243. The number of carbonyl (C=O) groups excluding carboxylic acids is 2. The number of carbonyl (C=O) groups is 2. The first kappa shape index (κ1) is 25.4. The van der Waals surface area contributed by atoms with Crippen LogP contribution < -0.4 is 19.1 Å². The maximum Gasteiger partial charge on any atom is 0.300 e. The monoisotopic (exact) mass is 513 g/mol. The first-order valence-electron chi connectivity index (χ1n) is 12.9. The Balaban J connectivity index is 1.65. The maximum absolute atomic E-state index is 13.5. The highest BCUT2D eigenvalue weighted by Crippen LogP contribution is 2.43. The molecule has 1 saturated heterocycles. The Bertz CT molecular complexity index is 1390. The van der Waals surface area contributed by atoms with Crippen molar-refractivity contribution in [2.75, 3.05) is 18.1 Å². The number of hydrogen-bond donors (Lipinski definition) is 1. The lowest BCUT2D eigenvalue weighted by Gasteiger charge is -2.26. The molecule has 0 aliphatic carbocycles. The molecule has 2 heterocycles. The molecule has 0 saturated carbocycles. The summed E-state index contributed by atoms with van der Waals surface area (Å²) in [5, 5.41) is 11.5. The summed E-state index contributed by atoms with van der Waals surface area (Å²) < 4.78 is 17.1. The molecule has 1 fully saturated rings. The SMILES string of the molecule is CCOc1cccc(N2C(=O)C(=O)/C(=C(\O)c3ccc4c(c3)CCCO4)C2c2ccc(OC(C)C)cc2)c1. The fourth-order valence-corrected chi connectivity index (χ4v) is 4.97. The predicted molar refractivity (Wildman–Crippen MR) is 145 cm³/mol. The molecular formula is C31H31NO6. The summed E-state index contributed by atoms with van der Waals surface area (Å²) in [7, 11) is 0. The standard InChI is InChI=1S/C31H31NO6/c1-4-36-25-9-5-8-23(18-25)32-28(20-10-13-24(14-11-20)38-19(2)3)27(30(34)31(32)35)29(33)22-12-15-26-21(17-22)7-6-16-37-26/h5,8-15,17-19,28,33H,4,6-7,16H2,1-3H3/b29-27-. The van der Waals surface area contributed by atoms with E-state index in [2.05, 4.69) is 0 Å². The molecule has 38 heavy (non-hydrogen) atoms. The second-order valence-electron chi connectivity index (χ2n) is 9.61. The Kier molecular flexibility index (Phi) is 7.09. The predicted octanol–water partition coefficient (Wildman–Crippen LogP) is 5.82. The Morgan fingerprint density at radius 2 is 1.84 bits per heavy atom.